The summed E-state index contributed by atoms with van der Waals surface area (Å²) in [6, 6.07) is 6.80. The van der Waals surface area contributed by atoms with E-state index < -0.39 is 0 Å². The molecule has 1 heterocycles. The molecule has 0 radical (unpaired) electrons. The number of amides is 2. The largest absolute Gasteiger partial charge is 0.495 e. The number of hydrogen-bond donors (Lipinski definition) is 2. The van der Waals surface area contributed by atoms with Gasteiger partial charge in [0.1, 0.15) is 5.75 Å². The summed E-state index contributed by atoms with van der Waals surface area (Å²) >= 11 is 1.45. The number of carbonyl (C=O) groups excluding carboxylic acids is 2. The number of methoxy groups -OCH3 is 1. The molecule has 1 aromatic carbocycles. The van der Waals surface area contributed by atoms with Crippen molar-refractivity contribution in [3.63, 3.8) is 0 Å². The number of benzene rings is 1. The summed E-state index contributed by atoms with van der Waals surface area (Å²) in [5.74, 6) is 0.137. The number of rotatable bonds is 4. The lowest BCUT2D eigenvalue weighted by molar-refractivity contribution is -0.114. The molecule has 0 atom stereocenters. The molecular weight excluding hydrogens is 276 g/mol. The molecule has 0 spiro atoms. The zero-order valence-electron chi connectivity index (χ0n) is 11.1. The molecule has 20 heavy (non-hydrogen) atoms. The second kappa shape index (κ2) is 6.21. The maximum absolute atomic E-state index is 12.0. The van der Waals surface area contributed by atoms with Gasteiger partial charge in [0.25, 0.3) is 5.91 Å². The molecule has 0 aliphatic heterocycles. The first kappa shape index (κ1) is 14.1. The average molecular weight is 290 g/mol. The Balaban J connectivity index is 2.24. The van der Waals surface area contributed by atoms with Crippen LogP contribution in [-0.4, -0.2) is 18.9 Å². The summed E-state index contributed by atoms with van der Waals surface area (Å²) < 4.78 is 5.20. The van der Waals surface area contributed by atoms with Gasteiger partial charge in [-0.25, -0.2) is 0 Å². The minimum atomic E-state index is -0.218. The first-order valence-corrected chi connectivity index (χ1v) is 6.83. The number of ether oxygens (including phenoxy) is 1. The second-order valence-corrected chi connectivity index (χ2v) is 4.84. The normalized spacial score (nSPS) is 9.90. The standard InChI is InChI=1S/C14H14N2O3S/c1-9(17)15-11-3-4-13(19-2)12(7-11)16-14(18)10-5-6-20-8-10/h3-8H,1-2H3,(H,15,17)(H,16,18). The summed E-state index contributed by atoms with van der Waals surface area (Å²) in [6.07, 6.45) is 0. The highest BCUT2D eigenvalue weighted by Gasteiger charge is 2.11. The van der Waals surface area contributed by atoms with Crippen molar-refractivity contribution in [2.45, 2.75) is 6.92 Å². The fourth-order valence-corrected chi connectivity index (χ4v) is 2.31. The number of thiophene rings is 1. The van der Waals surface area contributed by atoms with Crippen molar-refractivity contribution in [3.8, 4) is 5.75 Å². The van der Waals surface area contributed by atoms with Gasteiger partial charge in [0, 0.05) is 18.0 Å². The van der Waals surface area contributed by atoms with Gasteiger partial charge in [-0.05, 0) is 29.6 Å². The maximum atomic E-state index is 12.0. The van der Waals surface area contributed by atoms with Crippen LogP contribution < -0.4 is 15.4 Å². The van der Waals surface area contributed by atoms with E-state index in [1.54, 1.807) is 29.6 Å². The monoisotopic (exact) mass is 290 g/mol. The zero-order chi connectivity index (χ0) is 14.5. The highest BCUT2D eigenvalue weighted by molar-refractivity contribution is 7.08. The van der Waals surface area contributed by atoms with Crippen molar-refractivity contribution < 1.29 is 14.3 Å². The van der Waals surface area contributed by atoms with E-state index in [1.807, 2.05) is 5.38 Å². The molecule has 2 amide bonds. The number of anilines is 2. The molecule has 6 heteroatoms. The van der Waals surface area contributed by atoms with Gasteiger partial charge in [0.15, 0.2) is 0 Å². The van der Waals surface area contributed by atoms with E-state index in [0.717, 1.165) is 0 Å². The lowest BCUT2D eigenvalue weighted by atomic mass is 10.2. The highest BCUT2D eigenvalue weighted by atomic mass is 32.1. The molecule has 0 saturated heterocycles. The SMILES string of the molecule is COc1ccc(NC(C)=O)cc1NC(=O)c1ccsc1. The summed E-state index contributed by atoms with van der Waals surface area (Å²) in [6.45, 7) is 1.42. The summed E-state index contributed by atoms with van der Waals surface area (Å²) in [5.41, 5.74) is 1.69. The Morgan fingerprint density at radius 2 is 2.00 bits per heavy atom. The third-order valence-electron chi connectivity index (χ3n) is 2.55. The van der Waals surface area contributed by atoms with Crippen molar-refractivity contribution >= 4 is 34.5 Å². The Kier molecular flexibility index (Phi) is 4.37. The molecule has 1 aromatic heterocycles. The third-order valence-corrected chi connectivity index (χ3v) is 3.23. The molecular formula is C14H14N2O3S. The Morgan fingerprint density at radius 3 is 2.60 bits per heavy atom. The van der Waals surface area contributed by atoms with Crippen LogP contribution in [0.2, 0.25) is 0 Å². The molecule has 0 fully saturated rings. The zero-order valence-corrected chi connectivity index (χ0v) is 11.9. The number of carbonyl (C=O) groups is 2. The van der Waals surface area contributed by atoms with Crippen LogP contribution in [0.4, 0.5) is 11.4 Å². The summed E-state index contributed by atoms with van der Waals surface area (Å²) in [5, 5.41) is 9.03. The quantitative estimate of drug-likeness (QED) is 0.909. The Morgan fingerprint density at radius 1 is 1.20 bits per heavy atom. The van der Waals surface area contributed by atoms with E-state index in [0.29, 0.717) is 22.7 Å². The van der Waals surface area contributed by atoms with Crippen molar-refractivity contribution in [2.24, 2.45) is 0 Å². The van der Waals surface area contributed by atoms with Gasteiger partial charge >= 0.3 is 0 Å². The van der Waals surface area contributed by atoms with Gasteiger partial charge in [-0.2, -0.15) is 11.3 Å². The smallest absolute Gasteiger partial charge is 0.256 e. The minimum absolute atomic E-state index is 0.176. The number of hydrogen-bond acceptors (Lipinski definition) is 4. The van der Waals surface area contributed by atoms with Gasteiger partial charge < -0.3 is 15.4 Å². The lowest BCUT2D eigenvalue weighted by Gasteiger charge is -2.12. The van der Waals surface area contributed by atoms with Crippen molar-refractivity contribution in [1.29, 1.82) is 0 Å². The molecule has 0 aliphatic carbocycles. The van der Waals surface area contributed by atoms with Crippen molar-refractivity contribution in [3.05, 3.63) is 40.6 Å². The predicted molar refractivity (Wildman–Crippen MR) is 79.6 cm³/mol. The molecule has 2 N–H and O–H groups in total. The van der Waals surface area contributed by atoms with E-state index in [1.165, 1.54) is 25.4 Å². The maximum Gasteiger partial charge on any atom is 0.256 e. The molecule has 0 bridgehead atoms. The third kappa shape index (κ3) is 3.36. The first-order valence-electron chi connectivity index (χ1n) is 5.89. The van der Waals surface area contributed by atoms with Crippen molar-refractivity contribution in [1.82, 2.24) is 0 Å². The fraction of sp³-hybridized carbons (Fsp3) is 0.143. The molecule has 5 nitrogen and oxygen atoms in total. The fourth-order valence-electron chi connectivity index (χ4n) is 1.67. The first-order chi connectivity index (χ1) is 9.60. The number of nitrogens with one attached hydrogen (secondary N) is 2. The van der Waals surface area contributed by atoms with Gasteiger partial charge in [0.05, 0.1) is 18.4 Å². The summed E-state index contributed by atoms with van der Waals surface area (Å²) in [7, 11) is 1.52. The molecule has 2 rings (SSSR count). The van der Waals surface area contributed by atoms with Gasteiger partial charge in [-0.15, -0.1) is 0 Å². The Hall–Kier alpha value is -2.34. The minimum Gasteiger partial charge on any atom is -0.495 e. The topological polar surface area (TPSA) is 67.4 Å². The average Bonchev–Trinajstić information content (AvgIpc) is 2.92. The van der Waals surface area contributed by atoms with E-state index in [-0.39, 0.29) is 11.8 Å². The van der Waals surface area contributed by atoms with Crippen molar-refractivity contribution in [2.75, 3.05) is 17.7 Å². The second-order valence-electron chi connectivity index (χ2n) is 4.06. The van der Waals surface area contributed by atoms with Crippen LogP contribution in [0, 0.1) is 0 Å². The van der Waals surface area contributed by atoms with Crippen LogP contribution in [0.25, 0.3) is 0 Å². The van der Waals surface area contributed by atoms with Gasteiger partial charge in [-0.1, -0.05) is 0 Å². The predicted octanol–water partition coefficient (Wildman–Crippen LogP) is 2.97. The van der Waals surface area contributed by atoms with E-state index in [9.17, 15) is 9.59 Å². The van der Waals surface area contributed by atoms with E-state index in [4.69, 9.17) is 4.74 Å². The van der Waals surface area contributed by atoms with Crippen LogP contribution in [-0.2, 0) is 4.79 Å². The molecule has 0 saturated carbocycles. The van der Waals surface area contributed by atoms with Crippen LogP contribution >= 0.6 is 11.3 Å². The highest BCUT2D eigenvalue weighted by Crippen LogP contribution is 2.28. The molecule has 0 aliphatic rings. The van der Waals surface area contributed by atoms with Crippen LogP contribution in [0.1, 0.15) is 17.3 Å². The molecule has 104 valence electrons. The van der Waals surface area contributed by atoms with Gasteiger partial charge in [-0.3, -0.25) is 9.59 Å². The van der Waals surface area contributed by atoms with Crippen LogP contribution in [0.15, 0.2) is 35.0 Å². The van der Waals surface area contributed by atoms with Crippen LogP contribution in [0.5, 0.6) is 5.75 Å². The Labute approximate surface area is 120 Å². The Bertz CT molecular complexity index is 623. The lowest BCUT2D eigenvalue weighted by Crippen LogP contribution is -2.12. The summed E-state index contributed by atoms with van der Waals surface area (Å²) in [4.78, 5) is 23.1. The van der Waals surface area contributed by atoms with E-state index in [2.05, 4.69) is 10.6 Å². The molecule has 2 aromatic rings. The van der Waals surface area contributed by atoms with Gasteiger partial charge in [0.2, 0.25) is 5.91 Å². The molecule has 0 unspecified atom stereocenters. The van der Waals surface area contributed by atoms with Crippen LogP contribution in [0.3, 0.4) is 0 Å². The van der Waals surface area contributed by atoms with E-state index >= 15 is 0 Å².